The van der Waals surface area contributed by atoms with Gasteiger partial charge < -0.3 is 14.7 Å². The third-order valence-electron chi connectivity index (χ3n) is 3.25. The van der Waals surface area contributed by atoms with Crippen LogP contribution in [0.2, 0.25) is 0 Å². The van der Waals surface area contributed by atoms with Gasteiger partial charge in [-0.15, -0.1) is 0 Å². The van der Waals surface area contributed by atoms with E-state index >= 15 is 0 Å². The van der Waals surface area contributed by atoms with Crippen LogP contribution in [0.5, 0.6) is 0 Å². The molecule has 17 heavy (non-hydrogen) atoms. The molecule has 1 heterocycles. The molecule has 0 bridgehead atoms. The first-order chi connectivity index (χ1) is 8.28. The van der Waals surface area contributed by atoms with Crippen molar-refractivity contribution in [2.75, 3.05) is 26.8 Å². The minimum atomic E-state index is 0.121. The fraction of sp³-hybridized carbons (Fsp3) is 0.571. The first-order valence-corrected chi connectivity index (χ1v) is 6.23. The van der Waals surface area contributed by atoms with Gasteiger partial charge in [0.25, 0.3) is 0 Å². The highest BCUT2D eigenvalue weighted by molar-refractivity contribution is 5.21. The molecule has 3 heteroatoms. The number of nitrogens with zero attached hydrogens (tertiary/aromatic N) is 1. The molecular weight excluding hydrogens is 214 g/mol. The number of rotatable bonds is 5. The lowest BCUT2D eigenvalue weighted by Crippen LogP contribution is -2.25. The van der Waals surface area contributed by atoms with Gasteiger partial charge >= 0.3 is 0 Å². The summed E-state index contributed by atoms with van der Waals surface area (Å²) < 4.78 is 5.38. The molecular formula is C14H21NO2. The Bertz CT molecular complexity index is 331. The number of ether oxygens (including phenoxy) is 1. The predicted octanol–water partition coefficient (Wildman–Crippen LogP) is 1.65. The summed E-state index contributed by atoms with van der Waals surface area (Å²) in [5, 5.41) is 8.98. The van der Waals surface area contributed by atoms with Gasteiger partial charge in [0.2, 0.25) is 0 Å². The van der Waals surface area contributed by atoms with Crippen molar-refractivity contribution in [1.29, 1.82) is 0 Å². The van der Waals surface area contributed by atoms with E-state index in [1.54, 1.807) is 0 Å². The highest BCUT2D eigenvalue weighted by Crippen LogP contribution is 2.15. The zero-order valence-electron chi connectivity index (χ0n) is 10.4. The molecule has 1 unspecified atom stereocenters. The Hall–Kier alpha value is -0.900. The summed E-state index contributed by atoms with van der Waals surface area (Å²) in [7, 11) is 2.15. The molecule has 1 N–H and O–H groups in total. The molecule has 0 radical (unpaired) electrons. The van der Waals surface area contributed by atoms with Crippen LogP contribution in [0.25, 0.3) is 0 Å². The van der Waals surface area contributed by atoms with Gasteiger partial charge in [0.1, 0.15) is 0 Å². The molecule has 1 aromatic carbocycles. The number of aliphatic hydroxyl groups excluding tert-OH is 1. The number of benzene rings is 1. The second-order valence-corrected chi connectivity index (χ2v) is 4.90. The van der Waals surface area contributed by atoms with Crippen LogP contribution in [0.4, 0.5) is 0 Å². The van der Waals surface area contributed by atoms with E-state index in [1.165, 1.54) is 12.0 Å². The van der Waals surface area contributed by atoms with Gasteiger partial charge in [0.15, 0.2) is 0 Å². The summed E-state index contributed by atoms with van der Waals surface area (Å²) in [6.45, 7) is 4.01. The Morgan fingerprint density at radius 1 is 1.29 bits per heavy atom. The summed E-state index contributed by atoms with van der Waals surface area (Å²) >= 11 is 0. The Labute approximate surface area is 103 Å². The first kappa shape index (κ1) is 12.6. The van der Waals surface area contributed by atoms with E-state index in [4.69, 9.17) is 9.84 Å². The van der Waals surface area contributed by atoms with Gasteiger partial charge in [-0.05, 0) is 30.5 Å². The zero-order chi connectivity index (χ0) is 12.1. The Balaban J connectivity index is 1.81. The summed E-state index contributed by atoms with van der Waals surface area (Å²) in [6.07, 6.45) is 1.19. The monoisotopic (exact) mass is 235 g/mol. The van der Waals surface area contributed by atoms with E-state index in [9.17, 15) is 0 Å². The molecule has 0 aliphatic carbocycles. The lowest BCUT2D eigenvalue weighted by atomic mass is 10.1. The Morgan fingerprint density at radius 3 is 2.59 bits per heavy atom. The van der Waals surface area contributed by atoms with E-state index in [0.717, 1.165) is 31.9 Å². The van der Waals surface area contributed by atoms with Crippen molar-refractivity contribution in [1.82, 2.24) is 4.90 Å². The van der Waals surface area contributed by atoms with Crippen LogP contribution in [0, 0.1) is 5.92 Å². The molecule has 0 saturated carbocycles. The fourth-order valence-corrected chi connectivity index (χ4v) is 2.29. The molecule has 0 aromatic heterocycles. The largest absolute Gasteiger partial charge is 0.392 e. The molecule has 0 amide bonds. The lowest BCUT2D eigenvalue weighted by Gasteiger charge is -2.20. The predicted molar refractivity (Wildman–Crippen MR) is 67.6 cm³/mol. The van der Waals surface area contributed by atoms with Crippen molar-refractivity contribution in [2.24, 2.45) is 5.92 Å². The number of hydrogen-bond donors (Lipinski definition) is 1. The quantitative estimate of drug-likeness (QED) is 0.842. The second-order valence-electron chi connectivity index (χ2n) is 4.90. The fourth-order valence-electron chi connectivity index (χ4n) is 2.29. The van der Waals surface area contributed by atoms with Gasteiger partial charge in [0.05, 0.1) is 13.2 Å². The molecule has 1 saturated heterocycles. The minimum Gasteiger partial charge on any atom is -0.392 e. The normalized spacial score (nSPS) is 20.1. The molecule has 94 valence electrons. The molecule has 0 spiro atoms. The van der Waals surface area contributed by atoms with Crippen molar-refractivity contribution in [2.45, 2.75) is 19.6 Å². The summed E-state index contributed by atoms with van der Waals surface area (Å²) in [5.41, 5.74) is 2.27. The standard InChI is InChI=1S/C14H21NO2/c1-15(9-14-6-7-17-11-14)8-12-2-4-13(10-16)5-3-12/h2-5,14,16H,6-11H2,1H3. The van der Waals surface area contributed by atoms with Gasteiger partial charge in [-0.2, -0.15) is 0 Å². The van der Waals surface area contributed by atoms with E-state index in [2.05, 4.69) is 24.1 Å². The van der Waals surface area contributed by atoms with Crippen LogP contribution < -0.4 is 0 Å². The van der Waals surface area contributed by atoms with Gasteiger partial charge in [0, 0.05) is 19.7 Å². The maximum atomic E-state index is 8.98. The average Bonchev–Trinajstić information content (AvgIpc) is 2.82. The highest BCUT2D eigenvalue weighted by Gasteiger charge is 2.17. The van der Waals surface area contributed by atoms with Crippen molar-refractivity contribution in [3.63, 3.8) is 0 Å². The van der Waals surface area contributed by atoms with Gasteiger partial charge in [-0.25, -0.2) is 0 Å². The minimum absolute atomic E-state index is 0.121. The van der Waals surface area contributed by atoms with Crippen LogP contribution >= 0.6 is 0 Å². The third kappa shape index (κ3) is 3.80. The smallest absolute Gasteiger partial charge is 0.0681 e. The number of hydrogen-bond acceptors (Lipinski definition) is 3. The Morgan fingerprint density at radius 2 is 2.00 bits per heavy atom. The van der Waals surface area contributed by atoms with Gasteiger partial charge in [-0.1, -0.05) is 24.3 Å². The molecule has 1 aliphatic rings. The SMILES string of the molecule is CN(Cc1ccc(CO)cc1)CC1CCOC1. The average molecular weight is 235 g/mol. The molecule has 1 aliphatic heterocycles. The zero-order valence-corrected chi connectivity index (χ0v) is 10.4. The van der Waals surface area contributed by atoms with Crippen LogP contribution in [0.15, 0.2) is 24.3 Å². The highest BCUT2D eigenvalue weighted by atomic mass is 16.5. The van der Waals surface area contributed by atoms with E-state index in [1.807, 2.05) is 12.1 Å². The van der Waals surface area contributed by atoms with Crippen LogP contribution in [0.3, 0.4) is 0 Å². The summed E-state index contributed by atoms with van der Waals surface area (Å²) in [5.74, 6) is 0.691. The maximum absolute atomic E-state index is 8.98. The lowest BCUT2D eigenvalue weighted by molar-refractivity contribution is 0.173. The summed E-state index contributed by atoms with van der Waals surface area (Å²) in [4.78, 5) is 2.34. The van der Waals surface area contributed by atoms with Crippen molar-refractivity contribution >= 4 is 0 Å². The Kier molecular flexibility index (Phi) is 4.54. The molecule has 3 nitrogen and oxygen atoms in total. The second kappa shape index (κ2) is 6.15. The van der Waals surface area contributed by atoms with Crippen molar-refractivity contribution in [3.8, 4) is 0 Å². The van der Waals surface area contributed by atoms with Crippen molar-refractivity contribution < 1.29 is 9.84 Å². The van der Waals surface area contributed by atoms with E-state index in [-0.39, 0.29) is 6.61 Å². The first-order valence-electron chi connectivity index (χ1n) is 6.23. The van der Waals surface area contributed by atoms with E-state index in [0.29, 0.717) is 5.92 Å². The van der Waals surface area contributed by atoms with Crippen LogP contribution in [0.1, 0.15) is 17.5 Å². The van der Waals surface area contributed by atoms with Crippen molar-refractivity contribution in [3.05, 3.63) is 35.4 Å². The van der Waals surface area contributed by atoms with Gasteiger partial charge in [-0.3, -0.25) is 0 Å². The van der Waals surface area contributed by atoms with Crippen LogP contribution in [-0.2, 0) is 17.9 Å². The number of aliphatic hydroxyl groups is 1. The molecule has 1 atom stereocenters. The molecule has 1 aromatic rings. The molecule has 1 fully saturated rings. The molecule has 2 rings (SSSR count). The maximum Gasteiger partial charge on any atom is 0.0681 e. The topological polar surface area (TPSA) is 32.7 Å². The van der Waals surface area contributed by atoms with E-state index < -0.39 is 0 Å². The van der Waals surface area contributed by atoms with Crippen LogP contribution in [-0.4, -0.2) is 36.8 Å². The third-order valence-corrected chi connectivity index (χ3v) is 3.25. The summed E-state index contributed by atoms with van der Waals surface area (Å²) in [6, 6.07) is 8.16.